The van der Waals surface area contributed by atoms with E-state index in [1.165, 1.54) is 52.0 Å². The van der Waals surface area contributed by atoms with E-state index in [0.29, 0.717) is 5.92 Å². The van der Waals surface area contributed by atoms with E-state index in [2.05, 4.69) is 30.6 Å². The van der Waals surface area contributed by atoms with Gasteiger partial charge in [0.2, 0.25) is 0 Å². The smallest absolute Gasteiger partial charge is 0.0235 e. The summed E-state index contributed by atoms with van der Waals surface area (Å²) in [6.07, 6.45) is 3.94. The molecule has 102 valence electrons. The molecule has 1 saturated heterocycles. The molecule has 1 aliphatic rings. The van der Waals surface area contributed by atoms with Gasteiger partial charge in [0.1, 0.15) is 0 Å². The van der Waals surface area contributed by atoms with E-state index in [9.17, 15) is 0 Å². The Morgan fingerprint density at radius 3 is 2.65 bits per heavy atom. The molecule has 0 aromatic carbocycles. The number of likely N-dealkylation sites (N-methyl/N-ethyl adjacent to an activating group) is 1. The Labute approximate surface area is 107 Å². The van der Waals surface area contributed by atoms with E-state index in [1.807, 2.05) is 0 Å². The zero-order valence-electron chi connectivity index (χ0n) is 12.0. The number of hydrogen-bond acceptors (Lipinski definition) is 3. The Hall–Kier alpha value is -0.120. The maximum atomic E-state index is 5.64. The first-order chi connectivity index (χ1) is 8.21. The van der Waals surface area contributed by atoms with Crippen molar-refractivity contribution < 1.29 is 0 Å². The number of nitrogens with two attached hydrogens (primary N) is 1. The Balaban J connectivity index is 2.17. The Morgan fingerprint density at radius 1 is 1.35 bits per heavy atom. The Morgan fingerprint density at radius 2 is 2.06 bits per heavy atom. The summed E-state index contributed by atoms with van der Waals surface area (Å²) in [4.78, 5) is 5.23. The fourth-order valence-corrected chi connectivity index (χ4v) is 2.83. The maximum Gasteiger partial charge on any atom is 0.0235 e. The molecule has 17 heavy (non-hydrogen) atoms. The van der Waals surface area contributed by atoms with E-state index in [1.54, 1.807) is 0 Å². The molecule has 1 heterocycles. The summed E-state index contributed by atoms with van der Waals surface area (Å²) in [6, 6.07) is 0.803. The molecule has 1 rings (SSSR count). The molecule has 0 spiro atoms. The second-order valence-electron chi connectivity index (χ2n) is 5.45. The largest absolute Gasteiger partial charge is 0.330 e. The van der Waals surface area contributed by atoms with Crippen molar-refractivity contribution in [3.05, 3.63) is 0 Å². The lowest BCUT2D eigenvalue weighted by Crippen LogP contribution is -2.37. The van der Waals surface area contributed by atoms with Crippen LogP contribution in [0.4, 0.5) is 0 Å². The summed E-state index contributed by atoms with van der Waals surface area (Å²) >= 11 is 0. The van der Waals surface area contributed by atoms with Gasteiger partial charge in [0.15, 0.2) is 0 Å². The van der Waals surface area contributed by atoms with Crippen LogP contribution in [0.25, 0.3) is 0 Å². The molecule has 0 aromatic heterocycles. The van der Waals surface area contributed by atoms with Gasteiger partial charge in [-0.05, 0) is 57.9 Å². The van der Waals surface area contributed by atoms with Crippen LogP contribution in [0.5, 0.6) is 0 Å². The molecule has 0 amide bonds. The topological polar surface area (TPSA) is 32.5 Å². The van der Waals surface area contributed by atoms with Gasteiger partial charge < -0.3 is 10.6 Å². The highest BCUT2D eigenvalue weighted by Gasteiger charge is 2.25. The van der Waals surface area contributed by atoms with Gasteiger partial charge in [-0.2, -0.15) is 0 Å². The molecule has 0 bridgehead atoms. The minimum absolute atomic E-state index is 0.691. The lowest BCUT2D eigenvalue weighted by Gasteiger charge is -2.26. The highest BCUT2D eigenvalue weighted by Crippen LogP contribution is 2.16. The minimum Gasteiger partial charge on any atom is -0.330 e. The Kier molecular flexibility index (Phi) is 7.09. The van der Waals surface area contributed by atoms with Crippen molar-refractivity contribution in [1.29, 1.82) is 0 Å². The summed E-state index contributed by atoms with van der Waals surface area (Å²) in [5, 5.41) is 0. The van der Waals surface area contributed by atoms with Crippen LogP contribution in [0.1, 0.15) is 40.0 Å². The van der Waals surface area contributed by atoms with Gasteiger partial charge in [-0.1, -0.05) is 20.8 Å². The molecular formula is C14H31N3. The summed E-state index contributed by atoms with van der Waals surface area (Å²) < 4.78 is 0. The fraction of sp³-hybridized carbons (Fsp3) is 1.00. The van der Waals surface area contributed by atoms with Gasteiger partial charge in [0.25, 0.3) is 0 Å². The third kappa shape index (κ3) is 4.94. The molecule has 0 aromatic rings. The lowest BCUT2D eigenvalue weighted by atomic mass is 10.1. The molecule has 0 saturated carbocycles. The molecule has 3 nitrogen and oxygen atoms in total. The third-order valence-corrected chi connectivity index (χ3v) is 4.15. The lowest BCUT2D eigenvalue weighted by molar-refractivity contribution is 0.209. The van der Waals surface area contributed by atoms with Gasteiger partial charge in [-0.15, -0.1) is 0 Å². The minimum atomic E-state index is 0.691. The van der Waals surface area contributed by atoms with Gasteiger partial charge in [-0.25, -0.2) is 0 Å². The van der Waals surface area contributed by atoms with Crippen molar-refractivity contribution >= 4 is 0 Å². The van der Waals surface area contributed by atoms with E-state index >= 15 is 0 Å². The van der Waals surface area contributed by atoms with Crippen LogP contribution < -0.4 is 5.73 Å². The average molecular weight is 241 g/mol. The molecule has 0 radical (unpaired) electrons. The zero-order valence-corrected chi connectivity index (χ0v) is 12.0. The van der Waals surface area contributed by atoms with Gasteiger partial charge in [-0.3, -0.25) is 4.90 Å². The average Bonchev–Trinajstić information content (AvgIpc) is 2.79. The predicted molar refractivity (Wildman–Crippen MR) is 75.2 cm³/mol. The third-order valence-electron chi connectivity index (χ3n) is 4.15. The molecule has 0 aliphatic carbocycles. The van der Waals surface area contributed by atoms with Gasteiger partial charge in [0, 0.05) is 12.6 Å². The molecule has 1 aliphatic heterocycles. The fourth-order valence-electron chi connectivity index (χ4n) is 2.83. The highest BCUT2D eigenvalue weighted by atomic mass is 15.2. The van der Waals surface area contributed by atoms with Crippen molar-refractivity contribution in [3.8, 4) is 0 Å². The quantitative estimate of drug-likeness (QED) is 0.703. The van der Waals surface area contributed by atoms with Crippen molar-refractivity contribution in [2.24, 2.45) is 11.7 Å². The van der Waals surface area contributed by atoms with Gasteiger partial charge in [0.05, 0.1) is 0 Å². The molecule has 2 atom stereocenters. The second kappa shape index (κ2) is 8.06. The van der Waals surface area contributed by atoms with Crippen LogP contribution in [-0.2, 0) is 0 Å². The summed E-state index contributed by atoms with van der Waals surface area (Å²) in [5.74, 6) is 0.691. The van der Waals surface area contributed by atoms with Crippen molar-refractivity contribution in [1.82, 2.24) is 9.80 Å². The summed E-state index contributed by atoms with van der Waals surface area (Å²) in [5.41, 5.74) is 5.64. The normalized spacial score (nSPS) is 23.5. The summed E-state index contributed by atoms with van der Waals surface area (Å²) in [6.45, 7) is 13.9. The van der Waals surface area contributed by atoms with E-state index in [4.69, 9.17) is 5.73 Å². The first-order valence-corrected chi connectivity index (χ1v) is 7.37. The molecule has 3 heteroatoms. The molecule has 2 unspecified atom stereocenters. The van der Waals surface area contributed by atoms with Crippen molar-refractivity contribution in [2.75, 3.05) is 39.3 Å². The van der Waals surface area contributed by atoms with Crippen LogP contribution in [0.3, 0.4) is 0 Å². The van der Waals surface area contributed by atoms with Crippen LogP contribution in [-0.4, -0.2) is 55.1 Å². The van der Waals surface area contributed by atoms with Crippen LogP contribution >= 0.6 is 0 Å². The Bertz CT molecular complexity index is 192. The van der Waals surface area contributed by atoms with E-state index < -0.39 is 0 Å². The second-order valence-corrected chi connectivity index (χ2v) is 5.45. The molecule has 2 N–H and O–H groups in total. The highest BCUT2D eigenvalue weighted by molar-refractivity contribution is 4.82. The SMILES string of the molecule is CCN(CC)C1CCN(CCCC(C)CN)C1. The first-order valence-electron chi connectivity index (χ1n) is 7.37. The zero-order chi connectivity index (χ0) is 12.7. The van der Waals surface area contributed by atoms with Gasteiger partial charge >= 0.3 is 0 Å². The number of nitrogens with zero attached hydrogens (tertiary/aromatic N) is 2. The van der Waals surface area contributed by atoms with Crippen molar-refractivity contribution in [3.63, 3.8) is 0 Å². The summed E-state index contributed by atoms with van der Waals surface area (Å²) in [7, 11) is 0. The number of hydrogen-bond donors (Lipinski definition) is 1. The monoisotopic (exact) mass is 241 g/mol. The van der Waals surface area contributed by atoms with Crippen LogP contribution in [0, 0.1) is 5.92 Å². The molecular weight excluding hydrogens is 210 g/mol. The predicted octanol–water partition coefficient (Wildman–Crippen LogP) is 1.78. The van der Waals surface area contributed by atoms with Crippen molar-refractivity contribution in [2.45, 2.75) is 46.1 Å². The number of rotatable bonds is 8. The van der Waals surface area contributed by atoms with Crippen LogP contribution in [0.15, 0.2) is 0 Å². The van der Waals surface area contributed by atoms with Crippen LogP contribution in [0.2, 0.25) is 0 Å². The molecule has 1 fully saturated rings. The van der Waals surface area contributed by atoms with E-state index in [-0.39, 0.29) is 0 Å². The number of likely N-dealkylation sites (tertiary alicyclic amines) is 1. The maximum absolute atomic E-state index is 5.64. The van der Waals surface area contributed by atoms with E-state index in [0.717, 1.165) is 12.6 Å². The standard InChI is InChI=1S/C14H31N3/c1-4-17(5-2)14-8-10-16(12-14)9-6-7-13(3)11-15/h13-14H,4-12,15H2,1-3H3. The first kappa shape index (κ1) is 14.9.